The summed E-state index contributed by atoms with van der Waals surface area (Å²) in [6, 6.07) is 22.0. The molecule has 2 amide bonds. The molecule has 3 saturated heterocycles. The van der Waals surface area contributed by atoms with Gasteiger partial charge in [-0.2, -0.15) is 0 Å². The van der Waals surface area contributed by atoms with Gasteiger partial charge >= 0.3 is 6.03 Å². The van der Waals surface area contributed by atoms with Crippen molar-refractivity contribution in [2.45, 2.75) is 49.7 Å². The highest BCUT2D eigenvalue weighted by Crippen LogP contribution is 2.42. The number of benzene rings is 2. The molecule has 5 heteroatoms. The summed E-state index contributed by atoms with van der Waals surface area (Å²) in [5.74, 6) is 2.60. The fourth-order valence-corrected chi connectivity index (χ4v) is 8.46. The molecule has 4 atom stereocenters. The van der Waals surface area contributed by atoms with Gasteiger partial charge in [-0.15, -0.1) is 0 Å². The molecule has 0 N–H and O–H groups in total. The van der Waals surface area contributed by atoms with E-state index in [1.165, 1.54) is 41.9 Å². The number of amides is 2. The lowest BCUT2D eigenvalue weighted by Crippen LogP contribution is -3.00. The largest absolute Gasteiger partial charge is 1.00 e. The summed E-state index contributed by atoms with van der Waals surface area (Å²) in [4.78, 5) is 17.9. The van der Waals surface area contributed by atoms with Crippen molar-refractivity contribution in [2.75, 3.05) is 11.5 Å². The van der Waals surface area contributed by atoms with Crippen LogP contribution in [0.3, 0.4) is 0 Å². The zero-order valence-corrected chi connectivity index (χ0v) is 17.6. The number of rotatable bonds is 4. The van der Waals surface area contributed by atoms with Crippen molar-refractivity contribution in [3.8, 4) is 0 Å². The van der Waals surface area contributed by atoms with Crippen LogP contribution in [0.15, 0.2) is 60.7 Å². The third kappa shape index (κ3) is 3.53. The molecule has 5 rings (SSSR count). The summed E-state index contributed by atoms with van der Waals surface area (Å²) in [6.45, 7) is 1.50. The lowest BCUT2D eigenvalue weighted by molar-refractivity contribution is -0.00000907. The van der Waals surface area contributed by atoms with Gasteiger partial charge in [0.1, 0.15) is 28.8 Å². The number of hydrogen-bond acceptors (Lipinski definition) is 1. The molecule has 0 spiro atoms. The first-order valence-electron chi connectivity index (χ1n) is 10.1. The van der Waals surface area contributed by atoms with Crippen LogP contribution in [0, 0.1) is 0 Å². The van der Waals surface area contributed by atoms with Crippen LogP contribution < -0.4 is 12.4 Å². The molecule has 1 unspecified atom stereocenters. The average Bonchev–Trinajstić information content (AvgIpc) is 3.20. The Morgan fingerprint density at radius 3 is 2.11 bits per heavy atom. The zero-order chi connectivity index (χ0) is 18.2. The molecular formula is C23H27ClN2OS. The first kappa shape index (κ1) is 19.7. The van der Waals surface area contributed by atoms with E-state index in [0.29, 0.717) is 23.0 Å². The van der Waals surface area contributed by atoms with Gasteiger partial charge in [0.15, 0.2) is 0 Å². The van der Waals surface area contributed by atoms with Gasteiger partial charge in [0.2, 0.25) is 0 Å². The van der Waals surface area contributed by atoms with Gasteiger partial charge in [-0.25, -0.2) is 4.79 Å². The molecular weight excluding hydrogens is 388 g/mol. The van der Waals surface area contributed by atoms with Crippen molar-refractivity contribution in [3.63, 3.8) is 0 Å². The molecule has 0 aromatic heterocycles. The van der Waals surface area contributed by atoms with E-state index in [-0.39, 0.29) is 18.4 Å². The van der Waals surface area contributed by atoms with E-state index in [9.17, 15) is 4.79 Å². The molecule has 0 bridgehead atoms. The van der Waals surface area contributed by atoms with Crippen LogP contribution >= 0.6 is 0 Å². The summed E-state index contributed by atoms with van der Waals surface area (Å²) in [7, 11) is 0.498. The van der Waals surface area contributed by atoms with E-state index in [1.54, 1.807) is 0 Å². The quantitative estimate of drug-likeness (QED) is 0.542. The van der Waals surface area contributed by atoms with Gasteiger partial charge in [0.05, 0.1) is 0 Å². The van der Waals surface area contributed by atoms with Crippen LogP contribution in [0.1, 0.15) is 30.4 Å². The highest BCUT2D eigenvalue weighted by atomic mass is 35.5. The first-order chi connectivity index (χ1) is 13.3. The topological polar surface area (TPSA) is 23.6 Å². The third-order valence-corrected chi connectivity index (χ3v) is 9.33. The fraction of sp³-hybridized carbons (Fsp3) is 0.435. The molecule has 3 heterocycles. The Hall–Kier alpha value is -1.65. The molecule has 0 saturated carbocycles. The Labute approximate surface area is 176 Å². The maximum Gasteiger partial charge on any atom is 0.321 e. The Kier molecular flexibility index (Phi) is 5.88. The van der Waals surface area contributed by atoms with Gasteiger partial charge in [0.25, 0.3) is 0 Å². The predicted molar refractivity (Wildman–Crippen MR) is 112 cm³/mol. The average molecular weight is 415 g/mol. The molecule has 0 aliphatic carbocycles. The normalized spacial score (nSPS) is 28.6. The van der Waals surface area contributed by atoms with E-state index in [1.807, 2.05) is 12.1 Å². The van der Waals surface area contributed by atoms with Gasteiger partial charge in [0, 0.05) is 13.1 Å². The van der Waals surface area contributed by atoms with Gasteiger partial charge in [-0.1, -0.05) is 60.7 Å². The monoisotopic (exact) mass is 414 g/mol. The Balaban J connectivity index is 0.00000192. The number of fused-ring (bicyclic) bond motifs is 3. The predicted octanol–water partition coefficient (Wildman–Crippen LogP) is 1.05. The van der Waals surface area contributed by atoms with E-state index in [2.05, 4.69) is 58.3 Å². The number of carbonyl (C=O) groups is 1. The molecule has 28 heavy (non-hydrogen) atoms. The van der Waals surface area contributed by atoms with Crippen molar-refractivity contribution < 1.29 is 17.2 Å². The second-order valence-electron chi connectivity index (χ2n) is 8.01. The number of carbonyl (C=O) groups excluding carboxylic acids is 1. The second-order valence-corrected chi connectivity index (χ2v) is 10.4. The highest BCUT2D eigenvalue weighted by Gasteiger charge is 2.61. The van der Waals surface area contributed by atoms with Gasteiger partial charge < -0.3 is 22.2 Å². The maximum atomic E-state index is 13.5. The summed E-state index contributed by atoms with van der Waals surface area (Å²) in [5.41, 5.74) is 2.48. The number of nitrogens with zero attached hydrogens (tertiary/aromatic N) is 2. The fourth-order valence-electron chi connectivity index (χ4n) is 5.13. The summed E-state index contributed by atoms with van der Waals surface area (Å²) < 4.78 is 0. The van der Waals surface area contributed by atoms with Crippen LogP contribution in [0.2, 0.25) is 0 Å². The minimum atomic E-state index is 0. The molecule has 3 fully saturated rings. The van der Waals surface area contributed by atoms with E-state index < -0.39 is 0 Å². The zero-order valence-electron chi connectivity index (χ0n) is 16.0. The number of halogens is 1. The van der Waals surface area contributed by atoms with Gasteiger partial charge in [-0.3, -0.25) is 0 Å². The molecule has 3 aliphatic rings. The molecule has 3 nitrogen and oxygen atoms in total. The number of hydrogen-bond donors (Lipinski definition) is 0. The minimum absolute atomic E-state index is 0. The van der Waals surface area contributed by atoms with Gasteiger partial charge in [-0.05, 0) is 41.3 Å². The van der Waals surface area contributed by atoms with Crippen LogP contribution in [0.5, 0.6) is 0 Å². The molecule has 148 valence electrons. The molecule has 0 radical (unpaired) electrons. The Morgan fingerprint density at radius 1 is 0.857 bits per heavy atom. The summed E-state index contributed by atoms with van der Waals surface area (Å²) in [6.07, 6.45) is 4.02. The Bertz CT molecular complexity index is 803. The standard InChI is InChI=1S/C23H27N2OS.ClH/c26-23-24(15-18-9-3-1-4-10-18)20-17-27-14-8-7-13-21(27)22(20)25(23)16-19-11-5-2-6-12-19;/h1-6,9-12,20-22H,7-8,13-17H2;1H/q+1;/p-1/t20-,21-,22-,27?;/m0./s1. The van der Waals surface area contributed by atoms with E-state index in [0.717, 1.165) is 18.3 Å². The van der Waals surface area contributed by atoms with E-state index in [4.69, 9.17) is 0 Å². The Morgan fingerprint density at radius 2 is 1.46 bits per heavy atom. The van der Waals surface area contributed by atoms with Crippen LogP contribution in [-0.4, -0.2) is 44.7 Å². The first-order valence-corrected chi connectivity index (χ1v) is 11.8. The van der Waals surface area contributed by atoms with Crippen molar-refractivity contribution in [1.82, 2.24) is 9.80 Å². The minimum Gasteiger partial charge on any atom is -1.00 e. The smallest absolute Gasteiger partial charge is 0.321 e. The van der Waals surface area contributed by atoms with Crippen molar-refractivity contribution in [3.05, 3.63) is 71.8 Å². The summed E-state index contributed by atoms with van der Waals surface area (Å²) in [5, 5.41) is 0.720. The highest BCUT2D eigenvalue weighted by molar-refractivity contribution is 7.97. The lowest BCUT2D eigenvalue weighted by Gasteiger charge is -2.28. The van der Waals surface area contributed by atoms with Crippen LogP contribution in [0.4, 0.5) is 4.79 Å². The summed E-state index contributed by atoms with van der Waals surface area (Å²) >= 11 is 0. The second kappa shape index (κ2) is 8.38. The van der Waals surface area contributed by atoms with Crippen molar-refractivity contribution in [2.24, 2.45) is 0 Å². The molecule has 2 aromatic rings. The lowest BCUT2D eigenvalue weighted by atomic mass is 10.0. The molecule has 2 aromatic carbocycles. The van der Waals surface area contributed by atoms with Crippen LogP contribution in [-0.2, 0) is 24.0 Å². The number of urea groups is 1. The molecule has 3 aliphatic heterocycles. The third-order valence-electron chi connectivity index (χ3n) is 6.38. The van der Waals surface area contributed by atoms with E-state index >= 15 is 0 Å². The SMILES string of the molecule is O=C1N(Cc2ccccc2)[C@H]2[C@H](C[S+]3CCCC[C@@H]23)N1Cc1ccccc1.[Cl-]. The van der Waals surface area contributed by atoms with Crippen molar-refractivity contribution in [1.29, 1.82) is 0 Å². The van der Waals surface area contributed by atoms with Crippen molar-refractivity contribution >= 4 is 16.9 Å². The van der Waals surface area contributed by atoms with Crippen LogP contribution in [0.25, 0.3) is 0 Å². The maximum absolute atomic E-state index is 13.5.